The monoisotopic (exact) mass is 348 g/mol. The summed E-state index contributed by atoms with van der Waals surface area (Å²) in [6, 6.07) is 19.7. The summed E-state index contributed by atoms with van der Waals surface area (Å²) in [7, 11) is 0. The van der Waals surface area contributed by atoms with Crippen molar-refractivity contribution in [1.29, 1.82) is 0 Å². The molecular formula is C22H18F2N2. The molecule has 1 unspecified atom stereocenters. The van der Waals surface area contributed by atoms with Crippen molar-refractivity contribution in [2.45, 2.75) is 18.9 Å². The molecule has 0 saturated heterocycles. The number of nitrogen functional groups attached to an aromatic ring is 1. The summed E-state index contributed by atoms with van der Waals surface area (Å²) in [4.78, 5) is 4.58. The highest BCUT2D eigenvalue weighted by atomic mass is 19.1. The van der Waals surface area contributed by atoms with Crippen LogP contribution in [0.25, 0.3) is 11.1 Å². The predicted molar refractivity (Wildman–Crippen MR) is 101 cm³/mol. The average Bonchev–Trinajstić information content (AvgIpc) is 3.12. The number of hydrogen-bond acceptors (Lipinski definition) is 2. The van der Waals surface area contributed by atoms with Crippen LogP contribution < -0.4 is 5.73 Å². The first-order valence-corrected chi connectivity index (χ1v) is 8.59. The zero-order valence-corrected chi connectivity index (χ0v) is 14.1. The van der Waals surface area contributed by atoms with Crippen LogP contribution in [0.1, 0.15) is 30.0 Å². The van der Waals surface area contributed by atoms with Gasteiger partial charge in [0, 0.05) is 11.4 Å². The van der Waals surface area contributed by atoms with Crippen LogP contribution in [-0.2, 0) is 0 Å². The van der Waals surface area contributed by atoms with E-state index < -0.39 is 11.6 Å². The molecule has 4 rings (SSSR count). The maximum Gasteiger partial charge on any atom is 0.135 e. The van der Waals surface area contributed by atoms with Gasteiger partial charge in [0.1, 0.15) is 11.6 Å². The molecule has 130 valence electrons. The molecule has 3 aromatic carbocycles. The molecule has 1 atom stereocenters. The SMILES string of the molecule is Nc1ccc(-c2ccc(C3CCC(c4c(F)cccc4F)=N3)cc2)cc1. The predicted octanol–water partition coefficient (Wildman–Crippen LogP) is 5.54. The van der Waals surface area contributed by atoms with Crippen molar-refractivity contribution < 1.29 is 8.78 Å². The molecule has 3 aromatic rings. The van der Waals surface area contributed by atoms with Crippen LogP contribution in [0.2, 0.25) is 0 Å². The van der Waals surface area contributed by atoms with Crippen LogP contribution in [-0.4, -0.2) is 5.71 Å². The lowest BCUT2D eigenvalue weighted by Crippen LogP contribution is -2.03. The Bertz CT molecular complexity index is 940. The molecule has 0 aromatic heterocycles. The first kappa shape index (κ1) is 16.5. The molecule has 0 saturated carbocycles. The average molecular weight is 348 g/mol. The van der Waals surface area contributed by atoms with E-state index in [0.29, 0.717) is 12.1 Å². The zero-order valence-electron chi connectivity index (χ0n) is 14.1. The molecular weight excluding hydrogens is 330 g/mol. The maximum atomic E-state index is 14.0. The molecule has 4 heteroatoms. The van der Waals surface area contributed by atoms with Crippen molar-refractivity contribution in [3.8, 4) is 11.1 Å². The Morgan fingerprint density at radius 1 is 0.808 bits per heavy atom. The minimum atomic E-state index is -0.553. The van der Waals surface area contributed by atoms with E-state index >= 15 is 0 Å². The van der Waals surface area contributed by atoms with Crippen LogP contribution in [0.15, 0.2) is 71.7 Å². The Morgan fingerprint density at radius 2 is 1.38 bits per heavy atom. The van der Waals surface area contributed by atoms with E-state index in [9.17, 15) is 8.78 Å². The van der Waals surface area contributed by atoms with Crippen molar-refractivity contribution in [2.24, 2.45) is 4.99 Å². The number of nitrogens with zero attached hydrogens (tertiary/aromatic N) is 1. The fourth-order valence-corrected chi connectivity index (χ4v) is 3.37. The minimum absolute atomic E-state index is 0.00787. The smallest absolute Gasteiger partial charge is 0.135 e. The topological polar surface area (TPSA) is 38.4 Å². The Hall–Kier alpha value is -3.01. The Labute approximate surface area is 151 Å². The van der Waals surface area contributed by atoms with Gasteiger partial charge in [-0.15, -0.1) is 0 Å². The van der Waals surface area contributed by atoms with E-state index in [1.54, 1.807) is 0 Å². The van der Waals surface area contributed by atoms with Gasteiger partial charge in [0.15, 0.2) is 0 Å². The summed E-state index contributed by atoms with van der Waals surface area (Å²) in [6.45, 7) is 0. The number of rotatable bonds is 3. The largest absolute Gasteiger partial charge is 0.399 e. The lowest BCUT2D eigenvalue weighted by Gasteiger charge is -2.09. The van der Waals surface area contributed by atoms with E-state index in [2.05, 4.69) is 4.99 Å². The lowest BCUT2D eigenvalue weighted by molar-refractivity contribution is 0.578. The lowest BCUT2D eigenvalue weighted by atomic mass is 9.99. The third-order valence-electron chi connectivity index (χ3n) is 4.76. The van der Waals surface area contributed by atoms with Crippen LogP contribution in [0, 0.1) is 11.6 Å². The van der Waals surface area contributed by atoms with Crippen LogP contribution in [0.5, 0.6) is 0 Å². The van der Waals surface area contributed by atoms with Crippen LogP contribution >= 0.6 is 0 Å². The maximum absolute atomic E-state index is 14.0. The first-order valence-electron chi connectivity index (χ1n) is 8.59. The van der Waals surface area contributed by atoms with Crippen molar-refractivity contribution in [2.75, 3.05) is 5.73 Å². The van der Waals surface area contributed by atoms with Crippen molar-refractivity contribution in [3.05, 3.63) is 89.5 Å². The van der Waals surface area contributed by atoms with Gasteiger partial charge in [-0.05, 0) is 53.8 Å². The fourth-order valence-electron chi connectivity index (χ4n) is 3.37. The summed E-state index contributed by atoms with van der Waals surface area (Å²) in [5.41, 5.74) is 10.2. The second kappa shape index (κ2) is 6.71. The number of nitrogens with two attached hydrogens (primary N) is 1. The van der Waals surface area contributed by atoms with E-state index in [0.717, 1.165) is 28.8 Å². The summed E-state index contributed by atoms with van der Waals surface area (Å²) in [5.74, 6) is -1.11. The third kappa shape index (κ3) is 3.10. The minimum Gasteiger partial charge on any atom is -0.399 e. The van der Waals surface area contributed by atoms with Gasteiger partial charge < -0.3 is 5.73 Å². The second-order valence-electron chi connectivity index (χ2n) is 6.47. The molecule has 0 aliphatic carbocycles. The van der Waals surface area contributed by atoms with Gasteiger partial charge in [-0.25, -0.2) is 8.78 Å². The first-order chi connectivity index (χ1) is 12.6. The molecule has 1 heterocycles. The molecule has 2 nitrogen and oxygen atoms in total. The summed E-state index contributed by atoms with van der Waals surface area (Å²) in [5, 5.41) is 0. The van der Waals surface area contributed by atoms with Gasteiger partial charge in [-0.2, -0.15) is 0 Å². The van der Waals surface area contributed by atoms with Gasteiger partial charge in [0.2, 0.25) is 0 Å². The fraction of sp³-hybridized carbons (Fsp3) is 0.136. The Morgan fingerprint density at radius 3 is 2.00 bits per heavy atom. The van der Waals surface area contributed by atoms with Crippen molar-refractivity contribution in [3.63, 3.8) is 0 Å². The highest BCUT2D eigenvalue weighted by molar-refractivity contribution is 6.02. The Kier molecular flexibility index (Phi) is 4.25. The molecule has 0 fully saturated rings. The molecule has 1 aliphatic heterocycles. The summed E-state index contributed by atoms with van der Waals surface area (Å²) < 4.78 is 27.9. The molecule has 0 spiro atoms. The van der Waals surface area contributed by atoms with Gasteiger partial charge >= 0.3 is 0 Å². The van der Waals surface area contributed by atoms with Crippen LogP contribution in [0.4, 0.5) is 14.5 Å². The highest BCUT2D eigenvalue weighted by Gasteiger charge is 2.24. The zero-order chi connectivity index (χ0) is 18.1. The number of anilines is 1. The molecule has 26 heavy (non-hydrogen) atoms. The van der Waals surface area contributed by atoms with E-state index in [-0.39, 0.29) is 11.6 Å². The quantitative estimate of drug-likeness (QED) is 0.620. The van der Waals surface area contributed by atoms with Crippen molar-refractivity contribution >= 4 is 11.4 Å². The van der Waals surface area contributed by atoms with Gasteiger partial charge in [-0.3, -0.25) is 4.99 Å². The molecule has 0 bridgehead atoms. The molecule has 0 radical (unpaired) electrons. The summed E-state index contributed by atoms with van der Waals surface area (Å²) >= 11 is 0. The molecule has 2 N–H and O–H groups in total. The number of halogens is 2. The van der Waals surface area contributed by atoms with E-state index in [1.807, 2.05) is 48.5 Å². The van der Waals surface area contributed by atoms with Gasteiger partial charge in [-0.1, -0.05) is 42.5 Å². The van der Waals surface area contributed by atoms with E-state index in [4.69, 9.17) is 5.73 Å². The standard InChI is InChI=1S/C22H18F2N2/c23-18-2-1-3-19(24)22(18)21-13-12-20(26-21)16-6-4-14(5-7-16)15-8-10-17(25)11-9-15/h1-11,20H,12-13,25H2. The molecule has 1 aliphatic rings. The Balaban J connectivity index is 1.59. The second-order valence-corrected chi connectivity index (χ2v) is 6.47. The highest BCUT2D eigenvalue weighted by Crippen LogP contribution is 2.33. The van der Waals surface area contributed by atoms with Crippen molar-refractivity contribution in [1.82, 2.24) is 0 Å². The van der Waals surface area contributed by atoms with E-state index in [1.165, 1.54) is 18.2 Å². The number of benzene rings is 3. The summed E-state index contributed by atoms with van der Waals surface area (Å²) in [6.07, 6.45) is 1.33. The normalized spacial score (nSPS) is 16.5. The number of hydrogen-bond donors (Lipinski definition) is 1. The number of aliphatic imine (C=N–C) groups is 1. The molecule has 0 amide bonds. The van der Waals surface area contributed by atoms with Gasteiger partial charge in [0.05, 0.1) is 11.6 Å². The van der Waals surface area contributed by atoms with Crippen LogP contribution in [0.3, 0.4) is 0 Å². The third-order valence-corrected chi connectivity index (χ3v) is 4.76. The van der Waals surface area contributed by atoms with Gasteiger partial charge in [0.25, 0.3) is 0 Å².